The number of aromatic nitrogens is 2. The highest BCUT2D eigenvalue weighted by Crippen LogP contribution is 2.42. The second-order valence-corrected chi connectivity index (χ2v) is 5.06. The Morgan fingerprint density at radius 1 is 1.39 bits per heavy atom. The van der Waals surface area contributed by atoms with Crippen molar-refractivity contribution < 1.29 is 9.26 Å². The lowest BCUT2D eigenvalue weighted by Crippen LogP contribution is -2.22. The number of rotatable bonds is 6. The molecule has 0 aromatic carbocycles. The summed E-state index contributed by atoms with van der Waals surface area (Å²) in [5, 5.41) is 4.02. The largest absolute Gasteiger partial charge is 0.380 e. The van der Waals surface area contributed by atoms with Crippen LogP contribution < -0.4 is 5.73 Å². The molecule has 0 bridgehead atoms. The van der Waals surface area contributed by atoms with Gasteiger partial charge in [-0.1, -0.05) is 24.9 Å². The molecule has 0 radical (unpaired) electrons. The van der Waals surface area contributed by atoms with Crippen LogP contribution in [0.15, 0.2) is 4.52 Å². The molecule has 1 aromatic heterocycles. The average molecular weight is 253 g/mol. The van der Waals surface area contributed by atoms with Crippen LogP contribution in [0.1, 0.15) is 63.7 Å². The zero-order valence-corrected chi connectivity index (χ0v) is 11.3. The Balaban J connectivity index is 2.09. The molecule has 1 atom stereocenters. The normalized spacial score (nSPS) is 20.2. The zero-order chi connectivity index (χ0) is 13.0. The molecule has 102 valence electrons. The summed E-state index contributed by atoms with van der Waals surface area (Å²) in [7, 11) is 0. The average Bonchev–Trinajstić information content (AvgIpc) is 3.04. The maximum atomic E-state index is 5.97. The van der Waals surface area contributed by atoms with Crippen molar-refractivity contribution in [3.05, 3.63) is 11.7 Å². The van der Waals surface area contributed by atoms with Gasteiger partial charge in [0.2, 0.25) is 5.89 Å². The molecule has 5 nitrogen and oxygen atoms in total. The van der Waals surface area contributed by atoms with Crippen LogP contribution in [0.2, 0.25) is 0 Å². The van der Waals surface area contributed by atoms with Crippen LogP contribution in [0.5, 0.6) is 0 Å². The molecule has 18 heavy (non-hydrogen) atoms. The van der Waals surface area contributed by atoms with E-state index in [1.807, 2.05) is 6.92 Å². The van der Waals surface area contributed by atoms with Gasteiger partial charge in [0, 0.05) is 12.0 Å². The molecule has 1 heterocycles. The van der Waals surface area contributed by atoms with Crippen molar-refractivity contribution in [1.82, 2.24) is 10.1 Å². The van der Waals surface area contributed by atoms with Crippen molar-refractivity contribution in [2.45, 2.75) is 57.4 Å². The molecule has 2 rings (SSSR count). The van der Waals surface area contributed by atoms with Gasteiger partial charge in [0.25, 0.3) is 0 Å². The molecule has 1 aromatic rings. The van der Waals surface area contributed by atoms with Crippen LogP contribution in [0.3, 0.4) is 0 Å². The van der Waals surface area contributed by atoms with Crippen molar-refractivity contribution in [3.8, 4) is 0 Å². The summed E-state index contributed by atoms with van der Waals surface area (Å²) in [5.41, 5.74) is 6.06. The molecule has 1 unspecified atom stereocenters. The van der Waals surface area contributed by atoms with E-state index in [0.717, 1.165) is 25.2 Å². The second-order valence-electron chi connectivity index (χ2n) is 5.06. The summed E-state index contributed by atoms with van der Waals surface area (Å²) in [6.07, 6.45) is 5.83. The van der Waals surface area contributed by atoms with Gasteiger partial charge in [-0.05, 0) is 26.2 Å². The minimum Gasteiger partial charge on any atom is -0.380 e. The molecule has 0 spiro atoms. The molecule has 1 saturated carbocycles. The van der Waals surface area contributed by atoms with Crippen molar-refractivity contribution >= 4 is 0 Å². The number of hydrogen-bond acceptors (Lipinski definition) is 5. The highest BCUT2D eigenvalue weighted by Gasteiger charge is 2.39. The lowest BCUT2D eigenvalue weighted by atomic mass is 9.83. The van der Waals surface area contributed by atoms with Crippen molar-refractivity contribution in [2.75, 3.05) is 13.2 Å². The Hall–Kier alpha value is -0.940. The first-order valence-corrected chi connectivity index (χ1v) is 6.89. The number of nitrogens with zero attached hydrogens (tertiary/aromatic N) is 2. The predicted octanol–water partition coefficient (Wildman–Crippen LogP) is 2.33. The molecule has 0 amide bonds. The van der Waals surface area contributed by atoms with Gasteiger partial charge in [-0.25, -0.2) is 0 Å². The first-order valence-electron chi connectivity index (χ1n) is 6.89. The summed E-state index contributed by atoms with van der Waals surface area (Å²) in [6.45, 7) is 5.22. The van der Waals surface area contributed by atoms with Gasteiger partial charge in [0.1, 0.15) is 0 Å². The van der Waals surface area contributed by atoms with Crippen LogP contribution in [0, 0.1) is 0 Å². The van der Waals surface area contributed by atoms with Gasteiger partial charge in [-0.2, -0.15) is 4.98 Å². The van der Waals surface area contributed by atoms with Crippen LogP contribution in [0.25, 0.3) is 0 Å². The molecule has 1 aliphatic carbocycles. The number of hydrogen-bond donors (Lipinski definition) is 1. The summed E-state index contributed by atoms with van der Waals surface area (Å²) in [6, 6.07) is -0.294. The molecular formula is C13H23N3O2. The van der Waals surface area contributed by atoms with E-state index in [2.05, 4.69) is 17.1 Å². The number of ether oxygens (including phenoxy) is 1. The standard InChI is InChI=1S/C13H23N3O2/c1-3-13(7-5-6-8-13)12-15-11(16-18-12)10(14)9-17-4-2/h10H,3-9,14H2,1-2H3. The van der Waals surface area contributed by atoms with E-state index in [4.69, 9.17) is 15.0 Å². The third-order valence-corrected chi connectivity index (χ3v) is 3.97. The zero-order valence-electron chi connectivity index (χ0n) is 11.3. The van der Waals surface area contributed by atoms with E-state index in [0.29, 0.717) is 19.0 Å². The lowest BCUT2D eigenvalue weighted by molar-refractivity contribution is 0.130. The van der Waals surface area contributed by atoms with Crippen LogP contribution in [-0.4, -0.2) is 23.4 Å². The molecular weight excluding hydrogens is 230 g/mol. The predicted molar refractivity (Wildman–Crippen MR) is 68.2 cm³/mol. The fraction of sp³-hybridized carbons (Fsp3) is 0.846. The van der Waals surface area contributed by atoms with Crippen molar-refractivity contribution in [1.29, 1.82) is 0 Å². The van der Waals surface area contributed by atoms with Gasteiger partial charge in [-0.3, -0.25) is 0 Å². The minimum atomic E-state index is -0.294. The van der Waals surface area contributed by atoms with E-state index in [9.17, 15) is 0 Å². The van der Waals surface area contributed by atoms with Crippen molar-refractivity contribution in [2.24, 2.45) is 5.73 Å². The van der Waals surface area contributed by atoms with Crippen LogP contribution in [0.4, 0.5) is 0 Å². The maximum Gasteiger partial charge on any atom is 0.232 e. The summed E-state index contributed by atoms with van der Waals surface area (Å²) in [5.74, 6) is 1.34. The highest BCUT2D eigenvalue weighted by atomic mass is 16.5. The smallest absolute Gasteiger partial charge is 0.232 e. The molecule has 1 aliphatic rings. The van der Waals surface area contributed by atoms with Gasteiger partial charge in [0.15, 0.2) is 5.82 Å². The summed E-state index contributed by atoms with van der Waals surface area (Å²) < 4.78 is 10.7. The van der Waals surface area contributed by atoms with Crippen molar-refractivity contribution in [3.63, 3.8) is 0 Å². The fourth-order valence-corrected chi connectivity index (χ4v) is 2.69. The summed E-state index contributed by atoms with van der Waals surface area (Å²) >= 11 is 0. The minimum absolute atomic E-state index is 0.0938. The third-order valence-electron chi connectivity index (χ3n) is 3.97. The first-order chi connectivity index (χ1) is 8.72. The SMILES string of the molecule is CCOCC(N)c1noc(C2(CC)CCCC2)n1. The molecule has 0 aliphatic heterocycles. The van der Waals surface area contributed by atoms with Crippen LogP contribution >= 0.6 is 0 Å². The molecule has 0 saturated heterocycles. The van der Waals surface area contributed by atoms with E-state index in [1.165, 1.54) is 12.8 Å². The van der Waals surface area contributed by atoms with Crippen LogP contribution in [-0.2, 0) is 10.2 Å². The fourth-order valence-electron chi connectivity index (χ4n) is 2.69. The molecule has 5 heteroatoms. The Morgan fingerprint density at radius 3 is 2.72 bits per heavy atom. The Morgan fingerprint density at radius 2 is 2.11 bits per heavy atom. The van der Waals surface area contributed by atoms with E-state index < -0.39 is 0 Å². The lowest BCUT2D eigenvalue weighted by Gasteiger charge is -2.21. The highest BCUT2D eigenvalue weighted by molar-refractivity contribution is 5.08. The Labute approximate surface area is 108 Å². The monoisotopic (exact) mass is 253 g/mol. The Bertz CT molecular complexity index is 372. The van der Waals surface area contributed by atoms with E-state index >= 15 is 0 Å². The molecule has 1 fully saturated rings. The van der Waals surface area contributed by atoms with Gasteiger partial charge < -0.3 is 15.0 Å². The number of nitrogens with two attached hydrogens (primary N) is 1. The first kappa shape index (κ1) is 13.5. The maximum absolute atomic E-state index is 5.97. The summed E-state index contributed by atoms with van der Waals surface area (Å²) in [4.78, 5) is 4.51. The van der Waals surface area contributed by atoms with Gasteiger partial charge in [0.05, 0.1) is 12.6 Å². The Kier molecular flexibility index (Phi) is 4.35. The van der Waals surface area contributed by atoms with Gasteiger partial charge in [-0.15, -0.1) is 0 Å². The second kappa shape index (κ2) is 5.80. The third kappa shape index (κ3) is 2.57. The topological polar surface area (TPSA) is 74.2 Å². The van der Waals surface area contributed by atoms with E-state index in [1.54, 1.807) is 0 Å². The van der Waals surface area contributed by atoms with E-state index in [-0.39, 0.29) is 11.5 Å². The van der Waals surface area contributed by atoms with Gasteiger partial charge >= 0.3 is 0 Å². The quantitative estimate of drug-likeness (QED) is 0.842. The molecule has 2 N–H and O–H groups in total.